The first-order chi connectivity index (χ1) is 8.45. The average molecular weight is 266 g/mol. The van der Waals surface area contributed by atoms with Gasteiger partial charge in [-0.3, -0.25) is 0 Å². The highest BCUT2D eigenvalue weighted by atomic mass is 32.2. The molecule has 2 aromatic carbocycles. The van der Waals surface area contributed by atoms with Gasteiger partial charge in [-0.2, -0.15) is 0 Å². The minimum atomic E-state index is -3.73. The van der Waals surface area contributed by atoms with E-state index in [1.807, 2.05) is 0 Å². The van der Waals surface area contributed by atoms with Gasteiger partial charge in [-0.05, 0) is 42.5 Å². The Morgan fingerprint density at radius 2 is 1.78 bits per heavy atom. The van der Waals surface area contributed by atoms with Crippen LogP contribution in [-0.2, 0) is 10.0 Å². The van der Waals surface area contributed by atoms with E-state index in [1.165, 1.54) is 42.5 Å². The molecule has 0 aliphatic rings. The van der Waals surface area contributed by atoms with Crippen LogP contribution in [0.2, 0.25) is 0 Å². The van der Waals surface area contributed by atoms with Gasteiger partial charge in [-0.15, -0.1) is 0 Å². The molecule has 2 N–H and O–H groups in total. The molecular weight excluding hydrogens is 257 g/mol. The Balaban J connectivity index is 2.18. The molecule has 0 aromatic heterocycles. The van der Waals surface area contributed by atoms with Crippen LogP contribution < -0.4 is 9.88 Å². The summed E-state index contributed by atoms with van der Waals surface area (Å²) in [5.41, 5.74) is 0. The highest BCUT2D eigenvalue weighted by Gasteiger charge is 2.07. The molecule has 0 aliphatic carbocycles. The van der Waals surface area contributed by atoms with E-state index in [4.69, 9.17) is 9.88 Å². The molecule has 0 spiro atoms. The molecule has 0 aliphatic heterocycles. The van der Waals surface area contributed by atoms with Gasteiger partial charge in [0.1, 0.15) is 17.3 Å². The number of benzene rings is 2. The van der Waals surface area contributed by atoms with Crippen LogP contribution in [0.3, 0.4) is 0 Å². The lowest BCUT2D eigenvalue weighted by atomic mass is 10.3. The molecule has 0 heterocycles. The van der Waals surface area contributed by atoms with E-state index in [1.54, 1.807) is 0 Å². The van der Waals surface area contributed by atoms with Gasteiger partial charge in [0, 0.05) is 6.07 Å². The van der Waals surface area contributed by atoms with E-state index in [9.17, 15) is 12.8 Å². The van der Waals surface area contributed by atoms with Crippen LogP contribution in [-0.4, -0.2) is 8.42 Å². The van der Waals surface area contributed by atoms with E-state index >= 15 is 0 Å². The molecule has 0 amide bonds. The summed E-state index contributed by atoms with van der Waals surface area (Å²) in [7, 11) is -3.73. The van der Waals surface area contributed by atoms with Crippen molar-refractivity contribution in [1.82, 2.24) is 0 Å². The minimum absolute atomic E-state index is 0.0473. The summed E-state index contributed by atoms with van der Waals surface area (Å²) < 4.78 is 40.0. The summed E-state index contributed by atoms with van der Waals surface area (Å²) >= 11 is 0. The van der Waals surface area contributed by atoms with E-state index < -0.39 is 10.0 Å². The van der Waals surface area contributed by atoms with Gasteiger partial charge >= 0.3 is 0 Å². The van der Waals surface area contributed by atoms with Gasteiger partial charge < -0.3 is 4.74 Å². The summed E-state index contributed by atoms with van der Waals surface area (Å²) in [6, 6.07) is 12.0. The van der Waals surface area contributed by atoms with Crippen molar-refractivity contribution in [2.24, 2.45) is 5.14 Å². The molecule has 1 radical (unpaired) electrons. The first kappa shape index (κ1) is 12.5. The van der Waals surface area contributed by atoms with Crippen molar-refractivity contribution in [3.05, 3.63) is 54.3 Å². The van der Waals surface area contributed by atoms with E-state index in [0.717, 1.165) is 0 Å². The summed E-state index contributed by atoms with van der Waals surface area (Å²) in [5.74, 6) is 0.376. The number of rotatable bonds is 3. The number of sulfonamides is 1. The molecule has 0 unspecified atom stereocenters. The third kappa shape index (κ3) is 3.06. The van der Waals surface area contributed by atoms with Gasteiger partial charge in [0.2, 0.25) is 10.0 Å². The fourth-order valence-corrected chi connectivity index (χ4v) is 1.75. The van der Waals surface area contributed by atoms with Crippen LogP contribution in [0.5, 0.6) is 11.5 Å². The maximum Gasteiger partial charge on any atom is 0.238 e. The van der Waals surface area contributed by atoms with E-state index in [2.05, 4.69) is 6.07 Å². The highest BCUT2D eigenvalue weighted by molar-refractivity contribution is 7.89. The van der Waals surface area contributed by atoms with E-state index in [-0.39, 0.29) is 10.7 Å². The maximum atomic E-state index is 12.7. The molecule has 18 heavy (non-hydrogen) atoms. The van der Waals surface area contributed by atoms with Crippen LogP contribution in [0.15, 0.2) is 47.4 Å². The van der Waals surface area contributed by atoms with E-state index in [0.29, 0.717) is 11.5 Å². The second-order valence-electron chi connectivity index (χ2n) is 3.49. The number of hydrogen-bond donors (Lipinski definition) is 1. The third-order valence-electron chi connectivity index (χ3n) is 2.13. The van der Waals surface area contributed by atoms with Gasteiger partial charge in [0.15, 0.2) is 0 Å². The number of hydrogen-bond acceptors (Lipinski definition) is 3. The lowest BCUT2D eigenvalue weighted by Crippen LogP contribution is -2.11. The van der Waals surface area contributed by atoms with Gasteiger partial charge in [0.05, 0.1) is 4.90 Å². The topological polar surface area (TPSA) is 69.4 Å². The van der Waals surface area contributed by atoms with Crippen LogP contribution >= 0.6 is 0 Å². The standard InChI is InChI=1S/C12H9FNO3S/c13-9-1-3-10(4-2-9)17-11-5-7-12(8-6-11)18(14,15)16/h1-5,7-8H,(H2,14,15,16). The Kier molecular flexibility index (Phi) is 3.31. The zero-order valence-electron chi connectivity index (χ0n) is 9.13. The molecular formula is C12H9FNO3S. The van der Waals surface area contributed by atoms with Crippen molar-refractivity contribution in [2.75, 3.05) is 0 Å². The molecule has 2 aromatic rings. The predicted octanol–water partition coefficient (Wildman–Crippen LogP) is 2.07. The Morgan fingerprint density at radius 3 is 2.28 bits per heavy atom. The van der Waals surface area contributed by atoms with Crippen molar-refractivity contribution < 1.29 is 17.5 Å². The molecule has 0 saturated carbocycles. The quantitative estimate of drug-likeness (QED) is 0.924. The second kappa shape index (κ2) is 4.75. The number of halogens is 1. The lowest BCUT2D eigenvalue weighted by Gasteiger charge is -2.05. The monoisotopic (exact) mass is 266 g/mol. The van der Waals surface area contributed by atoms with Crippen LogP contribution in [0.4, 0.5) is 4.39 Å². The molecule has 0 fully saturated rings. The lowest BCUT2D eigenvalue weighted by molar-refractivity contribution is 0.479. The number of nitrogens with two attached hydrogens (primary N) is 1. The van der Waals surface area contributed by atoms with Gasteiger partial charge in [-0.1, -0.05) is 0 Å². The molecule has 0 bridgehead atoms. The van der Waals surface area contributed by atoms with Crippen molar-refractivity contribution in [1.29, 1.82) is 0 Å². The smallest absolute Gasteiger partial charge is 0.238 e. The highest BCUT2D eigenvalue weighted by Crippen LogP contribution is 2.22. The Hall–Kier alpha value is -1.92. The normalized spacial score (nSPS) is 11.2. The van der Waals surface area contributed by atoms with Crippen LogP contribution in [0.25, 0.3) is 0 Å². The molecule has 93 valence electrons. The Morgan fingerprint density at radius 1 is 1.11 bits per heavy atom. The maximum absolute atomic E-state index is 12.7. The molecule has 0 saturated heterocycles. The SMILES string of the molecule is NS(=O)(=O)c1c[c]c(Oc2ccc(F)cc2)cc1. The zero-order chi connectivity index (χ0) is 13.2. The minimum Gasteiger partial charge on any atom is -0.457 e. The number of primary sulfonamides is 1. The Bertz CT molecular complexity index is 636. The fourth-order valence-electron chi connectivity index (χ4n) is 1.27. The summed E-state index contributed by atoms with van der Waals surface area (Å²) in [6.45, 7) is 0. The van der Waals surface area contributed by atoms with Crippen molar-refractivity contribution in [3.63, 3.8) is 0 Å². The Labute approximate surface area is 104 Å². The van der Waals surface area contributed by atoms with Crippen LogP contribution in [0, 0.1) is 11.9 Å². The van der Waals surface area contributed by atoms with Gasteiger partial charge in [-0.25, -0.2) is 17.9 Å². The molecule has 4 nitrogen and oxygen atoms in total. The first-order valence-corrected chi connectivity index (χ1v) is 6.48. The molecule has 2 rings (SSSR count). The van der Waals surface area contributed by atoms with Gasteiger partial charge in [0.25, 0.3) is 0 Å². The third-order valence-corrected chi connectivity index (χ3v) is 3.04. The summed E-state index contributed by atoms with van der Waals surface area (Å²) in [4.78, 5) is -0.0473. The average Bonchev–Trinajstić information content (AvgIpc) is 2.32. The largest absolute Gasteiger partial charge is 0.457 e. The zero-order valence-corrected chi connectivity index (χ0v) is 9.95. The molecule has 0 atom stereocenters. The van der Waals surface area contributed by atoms with Crippen molar-refractivity contribution in [3.8, 4) is 11.5 Å². The molecule has 6 heteroatoms. The first-order valence-electron chi connectivity index (χ1n) is 4.93. The second-order valence-corrected chi connectivity index (χ2v) is 5.05. The summed E-state index contributed by atoms with van der Waals surface area (Å²) in [6.07, 6.45) is 0. The van der Waals surface area contributed by atoms with Crippen LogP contribution in [0.1, 0.15) is 0 Å². The number of ether oxygens (including phenoxy) is 1. The van der Waals surface area contributed by atoms with Crippen molar-refractivity contribution >= 4 is 10.0 Å². The predicted molar refractivity (Wildman–Crippen MR) is 63.1 cm³/mol. The fraction of sp³-hybridized carbons (Fsp3) is 0. The summed E-state index contributed by atoms with van der Waals surface area (Å²) in [5, 5.41) is 4.95. The van der Waals surface area contributed by atoms with Crippen molar-refractivity contribution in [2.45, 2.75) is 4.90 Å².